The predicted molar refractivity (Wildman–Crippen MR) is 75.4 cm³/mol. The molecule has 0 aliphatic heterocycles. The summed E-state index contributed by atoms with van der Waals surface area (Å²) in [6.45, 7) is 3.55. The summed E-state index contributed by atoms with van der Waals surface area (Å²) < 4.78 is 26.9. The van der Waals surface area contributed by atoms with Crippen molar-refractivity contribution in [2.45, 2.75) is 30.0 Å². The number of aliphatic hydroxyl groups is 1. The Kier molecular flexibility index (Phi) is 5.65. The highest BCUT2D eigenvalue weighted by molar-refractivity contribution is 7.99. The Labute approximate surface area is 113 Å². The van der Waals surface area contributed by atoms with Gasteiger partial charge in [-0.15, -0.1) is 0 Å². The molecule has 1 rings (SSSR count). The third kappa shape index (κ3) is 3.98. The fourth-order valence-corrected chi connectivity index (χ4v) is 3.71. The summed E-state index contributed by atoms with van der Waals surface area (Å²) in [7, 11) is -3.52. The van der Waals surface area contributed by atoms with Gasteiger partial charge in [0.1, 0.15) is 0 Å². The Morgan fingerprint density at radius 3 is 2.61 bits per heavy atom. The highest BCUT2D eigenvalue weighted by atomic mass is 32.2. The van der Waals surface area contributed by atoms with Crippen LogP contribution in [0.4, 0.5) is 0 Å². The molecular formula is C12H19NO3S2. The molecule has 18 heavy (non-hydrogen) atoms. The summed E-state index contributed by atoms with van der Waals surface area (Å²) in [6.07, 6.45) is 1.85. The van der Waals surface area contributed by atoms with Crippen LogP contribution in [-0.4, -0.2) is 37.7 Å². The van der Waals surface area contributed by atoms with E-state index in [-0.39, 0.29) is 22.8 Å². The number of aliphatic hydroxyl groups excluding tert-OH is 1. The van der Waals surface area contributed by atoms with Crippen LogP contribution in [-0.2, 0) is 10.0 Å². The molecule has 4 nitrogen and oxygen atoms in total. The minimum atomic E-state index is -3.52. The smallest absolute Gasteiger partial charge is 0.240 e. The predicted octanol–water partition coefficient (Wildman–Crippen LogP) is 1.39. The number of hydrogen-bond acceptors (Lipinski definition) is 4. The summed E-state index contributed by atoms with van der Waals surface area (Å²) in [5, 5.41) is 9.00. The molecule has 0 aliphatic carbocycles. The van der Waals surface area contributed by atoms with Crippen molar-refractivity contribution in [2.24, 2.45) is 0 Å². The fourth-order valence-electron chi connectivity index (χ4n) is 1.61. The molecule has 0 spiro atoms. The third-order valence-electron chi connectivity index (χ3n) is 2.68. The third-order valence-corrected chi connectivity index (χ3v) is 5.40. The maximum Gasteiger partial charge on any atom is 0.240 e. The zero-order valence-corrected chi connectivity index (χ0v) is 12.4. The summed E-state index contributed by atoms with van der Waals surface area (Å²) >= 11 is 1.44. The van der Waals surface area contributed by atoms with Gasteiger partial charge >= 0.3 is 0 Å². The number of nitrogens with one attached hydrogen (secondary N) is 1. The van der Waals surface area contributed by atoms with Gasteiger partial charge in [0.05, 0.1) is 11.5 Å². The van der Waals surface area contributed by atoms with E-state index in [0.29, 0.717) is 0 Å². The van der Waals surface area contributed by atoms with E-state index in [1.54, 1.807) is 25.1 Å². The lowest BCUT2D eigenvalue weighted by Crippen LogP contribution is -2.41. The Bertz CT molecular complexity index is 484. The van der Waals surface area contributed by atoms with Crippen molar-refractivity contribution < 1.29 is 13.5 Å². The van der Waals surface area contributed by atoms with Crippen molar-refractivity contribution in [3.05, 3.63) is 29.8 Å². The molecule has 1 aromatic carbocycles. The highest BCUT2D eigenvalue weighted by Gasteiger charge is 2.22. The van der Waals surface area contributed by atoms with Gasteiger partial charge in [0.15, 0.2) is 0 Å². The van der Waals surface area contributed by atoms with E-state index in [0.717, 1.165) is 5.56 Å². The van der Waals surface area contributed by atoms with Gasteiger partial charge in [-0.05, 0) is 37.8 Å². The topological polar surface area (TPSA) is 66.4 Å². The van der Waals surface area contributed by atoms with E-state index in [1.165, 1.54) is 11.8 Å². The summed E-state index contributed by atoms with van der Waals surface area (Å²) in [4.78, 5) is 0.257. The molecule has 0 aliphatic rings. The molecule has 0 saturated heterocycles. The van der Waals surface area contributed by atoms with Crippen LogP contribution < -0.4 is 4.72 Å². The fraction of sp³-hybridized carbons (Fsp3) is 0.500. The first-order valence-electron chi connectivity index (χ1n) is 5.63. The normalized spacial score (nSPS) is 15.3. The maximum atomic E-state index is 12.1. The van der Waals surface area contributed by atoms with Gasteiger partial charge in [-0.1, -0.05) is 12.1 Å². The molecule has 2 unspecified atom stereocenters. The van der Waals surface area contributed by atoms with Crippen molar-refractivity contribution >= 4 is 21.8 Å². The first-order valence-corrected chi connectivity index (χ1v) is 8.40. The van der Waals surface area contributed by atoms with Gasteiger partial charge in [-0.3, -0.25) is 0 Å². The molecule has 2 atom stereocenters. The SMILES string of the molecule is CSC(CO)C(C)NS(=O)(=O)c1cccc(C)c1. The zero-order chi connectivity index (χ0) is 13.8. The summed E-state index contributed by atoms with van der Waals surface area (Å²) in [5.74, 6) is 0. The molecule has 0 saturated carbocycles. The Hall–Kier alpha value is -0.560. The lowest BCUT2D eigenvalue weighted by atomic mass is 10.2. The van der Waals surface area contributed by atoms with E-state index < -0.39 is 10.0 Å². The summed E-state index contributed by atoms with van der Waals surface area (Å²) in [6, 6.07) is 6.43. The second-order valence-electron chi connectivity index (χ2n) is 4.18. The van der Waals surface area contributed by atoms with Crippen LogP contribution in [0.25, 0.3) is 0 Å². The van der Waals surface area contributed by atoms with Crippen LogP contribution in [0.2, 0.25) is 0 Å². The summed E-state index contributed by atoms with van der Waals surface area (Å²) in [5.41, 5.74) is 0.897. The number of rotatable bonds is 6. The van der Waals surface area contributed by atoms with Gasteiger partial charge in [0, 0.05) is 11.3 Å². The van der Waals surface area contributed by atoms with Crippen molar-refractivity contribution in [3.63, 3.8) is 0 Å². The second-order valence-corrected chi connectivity index (χ2v) is 6.97. The van der Waals surface area contributed by atoms with E-state index in [4.69, 9.17) is 5.11 Å². The quantitative estimate of drug-likeness (QED) is 0.830. The van der Waals surface area contributed by atoms with Crippen LogP contribution in [0, 0.1) is 6.92 Å². The first-order chi connectivity index (χ1) is 8.40. The van der Waals surface area contributed by atoms with Crippen LogP contribution in [0.5, 0.6) is 0 Å². The number of benzene rings is 1. The van der Waals surface area contributed by atoms with Crippen molar-refractivity contribution in [3.8, 4) is 0 Å². The number of hydrogen-bond donors (Lipinski definition) is 2. The van der Waals surface area contributed by atoms with Gasteiger partial charge in [-0.2, -0.15) is 11.8 Å². The molecule has 0 aromatic heterocycles. The minimum absolute atomic E-state index is 0.0569. The molecule has 2 N–H and O–H groups in total. The molecule has 0 bridgehead atoms. The van der Waals surface area contributed by atoms with Crippen molar-refractivity contribution in [1.82, 2.24) is 4.72 Å². The first kappa shape index (κ1) is 15.5. The van der Waals surface area contributed by atoms with Crippen LogP contribution in [0.3, 0.4) is 0 Å². The lowest BCUT2D eigenvalue weighted by Gasteiger charge is -2.21. The van der Waals surface area contributed by atoms with Crippen LogP contribution in [0.1, 0.15) is 12.5 Å². The van der Waals surface area contributed by atoms with E-state index in [9.17, 15) is 8.42 Å². The van der Waals surface area contributed by atoms with Crippen molar-refractivity contribution in [1.29, 1.82) is 0 Å². The standard InChI is InChI=1S/C12H19NO3S2/c1-9-5-4-6-11(7-9)18(15,16)13-10(2)12(8-14)17-3/h4-7,10,12-14H,8H2,1-3H3. The minimum Gasteiger partial charge on any atom is -0.395 e. The monoisotopic (exact) mass is 289 g/mol. The van der Waals surface area contributed by atoms with Crippen LogP contribution >= 0.6 is 11.8 Å². The van der Waals surface area contributed by atoms with E-state index >= 15 is 0 Å². The Morgan fingerprint density at radius 2 is 2.11 bits per heavy atom. The average Bonchev–Trinajstić information content (AvgIpc) is 2.30. The molecule has 102 valence electrons. The number of thioether (sulfide) groups is 1. The van der Waals surface area contributed by atoms with E-state index in [1.807, 2.05) is 19.2 Å². The molecule has 0 fully saturated rings. The second kappa shape index (κ2) is 6.56. The van der Waals surface area contributed by atoms with Gasteiger partial charge < -0.3 is 5.11 Å². The van der Waals surface area contributed by atoms with Gasteiger partial charge in [0.25, 0.3) is 0 Å². The van der Waals surface area contributed by atoms with Crippen molar-refractivity contribution in [2.75, 3.05) is 12.9 Å². The maximum absolute atomic E-state index is 12.1. The lowest BCUT2D eigenvalue weighted by molar-refractivity contribution is 0.282. The van der Waals surface area contributed by atoms with Crippen LogP contribution in [0.15, 0.2) is 29.2 Å². The molecule has 0 radical (unpaired) electrons. The zero-order valence-electron chi connectivity index (χ0n) is 10.8. The molecular weight excluding hydrogens is 270 g/mol. The Morgan fingerprint density at radius 1 is 1.44 bits per heavy atom. The largest absolute Gasteiger partial charge is 0.395 e. The van der Waals surface area contributed by atoms with E-state index in [2.05, 4.69) is 4.72 Å². The molecule has 1 aromatic rings. The molecule has 6 heteroatoms. The number of aryl methyl sites for hydroxylation is 1. The number of sulfonamides is 1. The van der Waals surface area contributed by atoms with Gasteiger partial charge in [-0.25, -0.2) is 13.1 Å². The highest BCUT2D eigenvalue weighted by Crippen LogP contribution is 2.15. The molecule has 0 heterocycles. The Balaban J connectivity index is 2.89. The average molecular weight is 289 g/mol. The molecule has 0 amide bonds. The van der Waals surface area contributed by atoms with Gasteiger partial charge in [0.2, 0.25) is 10.0 Å².